The Morgan fingerprint density at radius 2 is 1.48 bits per heavy atom. The van der Waals surface area contributed by atoms with E-state index in [4.69, 9.17) is 11.6 Å². The molecule has 0 saturated carbocycles. The van der Waals surface area contributed by atoms with E-state index in [9.17, 15) is 14.4 Å². The van der Waals surface area contributed by atoms with Gasteiger partial charge in [-0.05, 0) is 36.4 Å². The lowest BCUT2D eigenvalue weighted by Gasteiger charge is -2.08. The minimum Gasteiger partial charge on any atom is -0.465 e. The zero-order valence-electron chi connectivity index (χ0n) is 12.1. The van der Waals surface area contributed by atoms with Crippen LogP contribution in [0.2, 0.25) is 5.02 Å². The van der Waals surface area contributed by atoms with Crippen LogP contribution in [0.1, 0.15) is 10.4 Å². The molecular weight excluding hydrogens is 320 g/mol. The van der Waals surface area contributed by atoms with Crippen molar-refractivity contribution in [2.24, 2.45) is 0 Å². The molecular formula is C16H13ClN2O4. The summed E-state index contributed by atoms with van der Waals surface area (Å²) < 4.78 is 4.59. The third kappa shape index (κ3) is 4.55. The highest BCUT2D eigenvalue weighted by molar-refractivity contribution is 6.43. The van der Waals surface area contributed by atoms with Gasteiger partial charge in [0.2, 0.25) is 0 Å². The Kier molecular flexibility index (Phi) is 5.32. The predicted molar refractivity (Wildman–Crippen MR) is 86.5 cm³/mol. The highest BCUT2D eigenvalue weighted by Crippen LogP contribution is 2.15. The molecule has 0 atom stereocenters. The van der Waals surface area contributed by atoms with Gasteiger partial charge in [0, 0.05) is 16.4 Å². The van der Waals surface area contributed by atoms with Crippen LogP contribution in [0.5, 0.6) is 0 Å². The summed E-state index contributed by atoms with van der Waals surface area (Å²) in [7, 11) is 1.26. The molecule has 0 spiro atoms. The van der Waals surface area contributed by atoms with Gasteiger partial charge in [-0.15, -0.1) is 0 Å². The summed E-state index contributed by atoms with van der Waals surface area (Å²) in [5.74, 6) is -2.26. The molecule has 0 aromatic heterocycles. The van der Waals surface area contributed by atoms with Gasteiger partial charge in [-0.25, -0.2) is 4.79 Å². The summed E-state index contributed by atoms with van der Waals surface area (Å²) in [5, 5.41) is 5.27. The number of methoxy groups -OCH3 is 1. The molecule has 2 amide bonds. The van der Waals surface area contributed by atoms with Crippen LogP contribution in [0.25, 0.3) is 0 Å². The van der Waals surface area contributed by atoms with Crippen LogP contribution in [-0.4, -0.2) is 24.9 Å². The lowest BCUT2D eigenvalue weighted by molar-refractivity contribution is -0.132. The maximum Gasteiger partial charge on any atom is 0.337 e. The molecule has 2 aromatic rings. The number of carbonyl (C=O) groups excluding carboxylic acids is 3. The van der Waals surface area contributed by atoms with Crippen molar-refractivity contribution in [3.63, 3.8) is 0 Å². The van der Waals surface area contributed by atoms with E-state index in [0.717, 1.165) is 0 Å². The normalized spacial score (nSPS) is 9.83. The Labute approximate surface area is 137 Å². The van der Waals surface area contributed by atoms with Gasteiger partial charge in [0.15, 0.2) is 0 Å². The molecule has 0 heterocycles. The second kappa shape index (κ2) is 7.42. The van der Waals surface area contributed by atoms with Gasteiger partial charge < -0.3 is 15.4 Å². The first-order valence-corrected chi connectivity index (χ1v) is 6.93. The van der Waals surface area contributed by atoms with Crippen LogP contribution >= 0.6 is 11.6 Å². The summed E-state index contributed by atoms with van der Waals surface area (Å²) in [6, 6.07) is 12.5. The number of anilines is 2. The van der Waals surface area contributed by atoms with Gasteiger partial charge in [-0.2, -0.15) is 0 Å². The van der Waals surface area contributed by atoms with Gasteiger partial charge in [-0.1, -0.05) is 23.7 Å². The van der Waals surface area contributed by atoms with E-state index in [1.54, 1.807) is 30.3 Å². The quantitative estimate of drug-likeness (QED) is 0.668. The van der Waals surface area contributed by atoms with E-state index in [2.05, 4.69) is 15.4 Å². The fourth-order valence-corrected chi connectivity index (χ4v) is 1.97. The molecule has 23 heavy (non-hydrogen) atoms. The summed E-state index contributed by atoms with van der Waals surface area (Å²) in [6.45, 7) is 0. The van der Waals surface area contributed by atoms with Crippen LogP contribution in [0.3, 0.4) is 0 Å². The van der Waals surface area contributed by atoms with Crippen molar-refractivity contribution in [2.45, 2.75) is 0 Å². The Morgan fingerprint density at radius 3 is 2.04 bits per heavy atom. The molecule has 0 aliphatic rings. The number of halogens is 1. The van der Waals surface area contributed by atoms with E-state index < -0.39 is 17.8 Å². The van der Waals surface area contributed by atoms with E-state index in [-0.39, 0.29) is 5.56 Å². The average Bonchev–Trinajstić information content (AvgIpc) is 2.54. The van der Waals surface area contributed by atoms with Crippen molar-refractivity contribution in [3.8, 4) is 0 Å². The van der Waals surface area contributed by atoms with Crippen LogP contribution in [-0.2, 0) is 14.3 Å². The van der Waals surface area contributed by atoms with Gasteiger partial charge >= 0.3 is 17.8 Å². The van der Waals surface area contributed by atoms with Crippen LogP contribution < -0.4 is 10.6 Å². The van der Waals surface area contributed by atoms with Crippen molar-refractivity contribution < 1.29 is 19.1 Å². The monoisotopic (exact) mass is 332 g/mol. The lowest BCUT2D eigenvalue weighted by Crippen LogP contribution is -2.29. The molecule has 0 radical (unpaired) electrons. The van der Waals surface area contributed by atoms with E-state index in [0.29, 0.717) is 16.4 Å². The molecule has 6 nitrogen and oxygen atoms in total. The second-order valence-corrected chi connectivity index (χ2v) is 4.93. The maximum absolute atomic E-state index is 11.9. The third-order valence-electron chi connectivity index (χ3n) is 2.83. The predicted octanol–water partition coefficient (Wildman–Crippen LogP) is 2.70. The molecule has 2 rings (SSSR count). The van der Waals surface area contributed by atoms with Gasteiger partial charge in [-0.3, -0.25) is 9.59 Å². The standard InChI is InChI=1S/C16H13ClN2O4/c1-23-16(22)10-4-2-6-12(8-10)18-14(20)15(21)19-13-7-3-5-11(17)9-13/h2-9H,1H3,(H,18,20)(H,19,21). The van der Waals surface area contributed by atoms with Crippen molar-refractivity contribution >= 4 is 40.8 Å². The van der Waals surface area contributed by atoms with E-state index in [1.165, 1.54) is 25.3 Å². The highest BCUT2D eigenvalue weighted by atomic mass is 35.5. The summed E-state index contributed by atoms with van der Waals surface area (Å²) in [5.41, 5.74) is 0.973. The van der Waals surface area contributed by atoms with Crippen molar-refractivity contribution in [3.05, 3.63) is 59.1 Å². The number of hydrogen-bond acceptors (Lipinski definition) is 4. The fourth-order valence-electron chi connectivity index (χ4n) is 1.78. The SMILES string of the molecule is COC(=O)c1cccc(NC(=O)C(=O)Nc2cccc(Cl)c2)c1. The number of esters is 1. The smallest absolute Gasteiger partial charge is 0.337 e. The number of rotatable bonds is 3. The third-order valence-corrected chi connectivity index (χ3v) is 3.07. The Hall–Kier alpha value is -2.86. The summed E-state index contributed by atoms with van der Waals surface area (Å²) in [6.07, 6.45) is 0. The summed E-state index contributed by atoms with van der Waals surface area (Å²) >= 11 is 5.80. The highest BCUT2D eigenvalue weighted by Gasteiger charge is 2.15. The first-order chi connectivity index (χ1) is 11.0. The molecule has 7 heteroatoms. The van der Waals surface area contributed by atoms with E-state index >= 15 is 0 Å². The van der Waals surface area contributed by atoms with Crippen LogP contribution in [0.15, 0.2) is 48.5 Å². The Bertz CT molecular complexity index is 761. The number of nitrogens with one attached hydrogen (secondary N) is 2. The van der Waals surface area contributed by atoms with Crippen molar-refractivity contribution in [2.75, 3.05) is 17.7 Å². The Morgan fingerprint density at radius 1 is 0.913 bits per heavy atom. The second-order valence-electron chi connectivity index (χ2n) is 4.49. The average molecular weight is 333 g/mol. The zero-order chi connectivity index (χ0) is 16.8. The minimum atomic E-state index is -0.869. The minimum absolute atomic E-state index is 0.264. The van der Waals surface area contributed by atoms with Crippen LogP contribution in [0.4, 0.5) is 11.4 Å². The largest absolute Gasteiger partial charge is 0.465 e. The number of ether oxygens (including phenoxy) is 1. The molecule has 0 aliphatic heterocycles. The first-order valence-electron chi connectivity index (χ1n) is 6.56. The number of benzene rings is 2. The van der Waals surface area contributed by atoms with Crippen molar-refractivity contribution in [1.82, 2.24) is 0 Å². The number of amides is 2. The van der Waals surface area contributed by atoms with Gasteiger partial charge in [0.25, 0.3) is 0 Å². The molecule has 0 saturated heterocycles. The Balaban J connectivity index is 2.04. The molecule has 2 N–H and O–H groups in total. The first kappa shape index (κ1) is 16.5. The molecule has 0 unspecified atom stereocenters. The van der Waals surface area contributed by atoms with E-state index in [1.807, 2.05) is 0 Å². The number of carbonyl (C=O) groups is 3. The van der Waals surface area contributed by atoms with Gasteiger partial charge in [0.1, 0.15) is 0 Å². The molecule has 0 bridgehead atoms. The zero-order valence-corrected chi connectivity index (χ0v) is 12.9. The van der Waals surface area contributed by atoms with Crippen LogP contribution in [0, 0.1) is 0 Å². The summed E-state index contributed by atoms with van der Waals surface area (Å²) in [4.78, 5) is 35.2. The number of hydrogen-bond donors (Lipinski definition) is 2. The van der Waals surface area contributed by atoms with Gasteiger partial charge in [0.05, 0.1) is 12.7 Å². The molecule has 0 fully saturated rings. The lowest BCUT2D eigenvalue weighted by atomic mass is 10.2. The van der Waals surface area contributed by atoms with Crippen molar-refractivity contribution in [1.29, 1.82) is 0 Å². The maximum atomic E-state index is 11.9. The molecule has 118 valence electrons. The molecule has 0 aliphatic carbocycles. The topological polar surface area (TPSA) is 84.5 Å². The fraction of sp³-hybridized carbons (Fsp3) is 0.0625. The molecule has 2 aromatic carbocycles.